The van der Waals surface area contributed by atoms with Gasteiger partial charge >= 0.3 is 0 Å². The molecule has 2 aromatic rings. The fourth-order valence-corrected chi connectivity index (χ4v) is 1.92. The van der Waals surface area contributed by atoms with Crippen molar-refractivity contribution in [2.24, 2.45) is 0 Å². The molecular formula is C14H14ClNO2. The molecule has 0 radical (unpaired) electrons. The Bertz CT molecular complexity index is 513. The van der Waals surface area contributed by atoms with Gasteiger partial charge in [0, 0.05) is 18.8 Å². The minimum atomic E-state index is -0.587. The van der Waals surface area contributed by atoms with Crippen molar-refractivity contribution in [2.75, 3.05) is 7.11 Å². The van der Waals surface area contributed by atoms with Gasteiger partial charge in [0.25, 0.3) is 0 Å². The number of aliphatic hydroxyl groups excluding tert-OH is 1. The Kier molecular flexibility index (Phi) is 4.18. The molecule has 0 aliphatic rings. The van der Waals surface area contributed by atoms with Gasteiger partial charge in [-0.15, -0.1) is 0 Å². The lowest BCUT2D eigenvalue weighted by atomic mass is 10.0. The van der Waals surface area contributed by atoms with Crippen LogP contribution >= 0.6 is 11.6 Å². The van der Waals surface area contributed by atoms with Crippen LogP contribution in [0.4, 0.5) is 0 Å². The smallest absolute Gasteiger partial charge is 0.118 e. The number of pyridine rings is 1. The fourth-order valence-electron chi connectivity index (χ4n) is 1.72. The zero-order valence-electron chi connectivity index (χ0n) is 10.0. The van der Waals surface area contributed by atoms with Gasteiger partial charge in [0.05, 0.1) is 18.2 Å². The summed E-state index contributed by atoms with van der Waals surface area (Å²) in [5.74, 6) is 0.771. The summed E-state index contributed by atoms with van der Waals surface area (Å²) in [6.45, 7) is 0. The number of aliphatic hydroxyl groups is 1. The summed E-state index contributed by atoms with van der Waals surface area (Å²) >= 11 is 6.01. The Morgan fingerprint density at radius 2 is 2.00 bits per heavy atom. The van der Waals surface area contributed by atoms with E-state index < -0.39 is 6.10 Å². The first-order valence-electron chi connectivity index (χ1n) is 5.61. The van der Waals surface area contributed by atoms with Crippen molar-refractivity contribution in [1.82, 2.24) is 4.98 Å². The highest BCUT2D eigenvalue weighted by atomic mass is 35.5. The van der Waals surface area contributed by atoms with Crippen molar-refractivity contribution in [1.29, 1.82) is 0 Å². The molecule has 18 heavy (non-hydrogen) atoms. The van der Waals surface area contributed by atoms with Gasteiger partial charge in [0.2, 0.25) is 0 Å². The van der Waals surface area contributed by atoms with Crippen LogP contribution in [0, 0.1) is 0 Å². The number of hydrogen-bond acceptors (Lipinski definition) is 3. The van der Waals surface area contributed by atoms with E-state index >= 15 is 0 Å². The second-order valence-corrected chi connectivity index (χ2v) is 4.37. The number of nitrogens with zero attached hydrogens (tertiary/aromatic N) is 1. The summed E-state index contributed by atoms with van der Waals surface area (Å²) in [5, 5.41) is 10.7. The highest BCUT2D eigenvalue weighted by molar-refractivity contribution is 6.31. The Hall–Kier alpha value is -1.58. The highest BCUT2D eigenvalue weighted by Gasteiger charge is 2.10. The van der Waals surface area contributed by atoms with Crippen LogP contribution in [-0.2, 0) is 6.42 Å². The normalized spacial score (nSPS) is 12.2. The molecule has 1 aromatic heterocycles. The average Bonchev–Trinajstić information content (AvgIpc) is 2.41. The number of ether oxygens (including phenoxy) is 1. The van der Waals surface area contributed by atoms with Crippen molar-refractivity contribution in [3.63, 3.8) is 0 Å². The molecule has 3 nitrogen and oxygen atoms in total. The van der Waals surface area contributed by atoms with Gasteiger partial charge in [-0.1, -0.05) is 23.7 Å². The lowest BCUT2D eigenvalue weighted by Crippen LogP contribution is -2.02. The van der Waals surface area contributed by atoms with E-state index in [2.05, 4.69) is 4.98 Å². The van der Waals surface area contributed by atoms with E-state index in [0.29, 0.717) is 11.4 Å². The van der Waals surface area contributed by atoms with Crippen LogP contribution in [0.2, 0.25) is 5.02 Å². The van der Waals surface area contributed by atoms with Crippen LogP contribution in [0.15, 0.2) is 42.7 Å². The molecule has 0 aliphatic heterocycles. The molecule has 94 valence electrons. The third kappa shape index (κ3) is 3.00. The molecule has 0 bridgehead atoms. The van der Waals surface area contributed by atoms with E-state index in [-0.39, 0.29) is 0 Å². The average molecular weight is 264 g/mol. The van der Waals surface area contributed by atoms with Crippen molar-refractivity contribution < 1.29 is 9.84 Å². The molecule has 0 amide bonds. The van der Waals surface area contributed by atoms with Crippen LogP contribution in [0.3, 0.4) is 0 Å². The summed E-state index contributed by atoms with van der Waals surface area (Å²) < 4.78 is 5.08. The Balaban J connectivity index is 2.11. The minimum absolute atomic E-state index is 0.466. The third-order valence-electron chi connectivity index (χ3n) is 2.77. The van der Waals surface area contributed by atoms with Gasteiger partial charge in [0.15, 0.2) is 0 Å². The summed E-state index contributed by atoms with van der Waals surface area (Å²) in [7, 11) is 1.61. The molecule has 0 aliphatic carbocycles. The number of benzene rings is 1. The number of rotatable bonds is 4. The van der Waals surface area contributed by atoms with E-state index in [9.17, 15) is 5.11 Å². The number of hydrogen-bond donors (Lipinski definition) is 1. The van der Waals surface area contributed by atoms with Gasteiger partial charge in [-0.05, 0) is 29.3 Å². The van der Waals surface area contributed by atoms with Crippen LogP contribution in [0.25, 0.3) is 0 Å². The number of methoxy groups -OCH3 is 1. The zero-order chi connectivity index (χ0) is 13.0. The van der Waals surface area contributed by atoms with Crippen molar-refractivity contribution in [3.8, 4) is 5.75 Å². The summed E-state index contributed by atoms with van der Waals surface area (Å²) in [5.41, 5.74) is 1.72. The van der Waals surface area contributed by atoms with E-state index in [4.69, 9.17) is 16.3 Å². The Morgan fingerprint density at radius 1 is 1.28 bits per heavy atom. The summed E-state index contributed by atoms with van der Waals surface area (Å²) in [6, 6.07) is 9.16. The first-order valence-corrected chi connectivity index (χ1v) is 5.99. The molecule has 0 fully saturated rings. The van der Waals surface area contributed by atoms with E-state index in [1.807, 2.05) is 30.3 Å². The molecule has 0 spiro atoms. The van der Waals surface area contributed by atoms with Gasteiger partial charge in [-0.3, -0.25) is 4.98 Å². The standard InChI is InChI=1S/C14H14ClNO2/c1-18-12-4-2-10(3-5-12)14(17)8-11-6-7-16-9-13(11)15/h2-7,9,14,17H,8H2,1H3. The molecule has 4 heteroatoms. The van der Waals surface area contributed by atoms with Crippen LogP contribution in [-0.4, -0.2) is 17.2 Å². The topological polar surface area (TPSA) is 42.4 Å². The summed E-state index contributed by atoms with van der Waals surface area (Å²) in [4.78, 5) is 3.92. The number of halogens is 1. The van der Waals surface area contributed by atoms with Crippen molar-refractivity contribution in [2.45, 2.75) is 12.5 Å². The molecule has 1 unspecified atom stereocenters. The monoisotopic (exact) mass is 263 g/mol. The molecule has 1 atom stereocenters. The SMILES string of the molecule is COc1ccc(C(O)Cc2ccncc2Cl)cc1. The number of aromatic nitrogens is 1. The van der Waals surface area contributed by atoms with Crippen LogP contribution in [0.1, 0.15) is 17.2 Å². The minimum Gasteiger partial charge on any atom is -0.497 e. The van der Waals surface area contributed by atoms with Crippen molar-refractivity contribution >= 4 is 11.6 Å². The van der Waals surface area contributed by atoms with E-state index in [0.717, 1.165) is 16.9 Å². The predicted molar refractivity (Wildman–Crippen MR) is 70.9 cm³/mol. The van der Waals surface area contributed by atoms with Crippen LogP contribution < -0.4 is 4.74 Å². The van der Waals surface area contributed by atoms with E-state index in [1.54, 1.807) is 19.5 Å². The predicted octanol–water partition coefficient (Wildman–Crippen LogP) is 3.02. The molecule has 1 heterocycles. The first kappa shape index (κ1) is 12.9. The zero-order valence-corrected chi connectivity index (χ0v) is 10.8. The third-order valence-corrected chi connectivity index (χ3v) is 3.11. The second-order valence-electron chi connectivity index (χ2n) is 3.96. The molecule has 1 aromatic carbocycles. The van der Waals surface area contributed by atoms with Crippen LogP contribution in [0.5, 0.6) is 5.75 Å². The molecular weight excluding hydrogens is 250 g/mol. The maximum absolute atomic E-state index is 10.1. The van der Waals surface area contributed by atoms with Crippen molar-refractivity contribution in [3.05, 3.63) is 58.9 Å². The molecule has 0 saturated heterocycles. The Labute approximate surface area is 111 Å². The maximum Gasteiger partial charge on any atom is 0.118 e. The van der Waals surface area contributed by atoms with E-state index in [1.165, 1.54) is 0 Å². The van der Waals surface area contributed by atoms with Gasteiger partial charge < -0.3 is 9.84 Å². The lowest BCUT2D eigenvalue weighted by molar-refractivity contribution is 0.178. The molecule has 1 N–H and O–H groups in total. The van der Waals surface area contributed by atoms with Gasteiger partial charge in [-0.25, -0.2) is 0 Å². The van der Waals surface area contributed by atoms with Gasteiger partial charge in [-0.2, -0.15) is 0 Å². The highest BCUT2D eigenvalue weighted by Crippen LogP contribution is 2.24. The van der Waals surface area contributed by atoms with Gasteiger partial charge in [0.1, 0.15) is 5.75 Å². The first-order chi connectivity index (χ1) is 8.70. The quantitative estimate of drug-likeness (QED) is 0.922. The Morgan fingerprint density at radius 3 is 2.61 bits per heavy atom. The summed E-state index contributed by atoms with van der Waals surface area (Å²) in [6.07, 6.45) is 3.13. The largest absolute Gasteiger partial charge is 0.497 e. The fraction of sp³-hybridized carbons (Fsp3) is 0.214. The maximum atomic E-state index is 10.1. The molecule has 0 saturated carbocycles. The molecule has 2 rings (SSSR count). The lowest BCUT2D eigenvalue weighted by Gasteiger charge is -2.12. The second kappa shape index (κ2) is 5.85.